The minimum atomic E-state index is -1.64. The van der Waals surface area contributed by atoms with Crippen LogP contribution in [0.5, 0.6) is 23.0 Å². The highest BCUT2D eigenvalue weighted by Crippen LogP contribution is 2.62. The maximum absolute atomic E-state index is 15.1. The molecule has 0 unspecified atom stereocenters. The number of allylic oxidation sites excluding steroid dienone is 1. The van der Waals surface area contributed by atoms with E-state index in [0.717, 1.165) is 47.9 Å². The first kappa shape index (κ1) is 50.5. The summed E-state index contributed by atoms with van der Waals surface area (Å²) in [7, 11) is 0. The highest BCUT2D eigenvalue weighted by Gasteiger charge is 2.66. The van der Waals surface area contributed by atoms with E-state index in [2.05, 4.69) is 24.8 Å². The Hall–Kier alpha value is -6.87. The maximum Gasteiger partial charge on any atom is 0.416 e. The van der Waals surface area contributed by atoms with Crippen LogP contribution in [0.15, 0.2) is 151 Å². The third-order valence-corrected chi connectivity index (χ3v) is 13.4. The van der Waals surface area contributed by atoms with E-state index in [9.17, 15) is 24.7 Å². The molecule has 1 saturated carbocycles. The molecule has 1 heterocycles. The van der Waals surface area contributed by atoms with E-state index in [1.165, 1.54) is 41.3 Å². The average Bonchev–Trinajstić information content (AvgIpc) is 3.36. The van der Waals surface area contributed by atoms with Gasteiger partial charge in [0, 0.05) is 49.8 Å². The van der Waals surface area contributed by atoms with Crippen molar-refractivity contribution in [3.8, 4) is 34.1 Å². The molecular formula is C57H62FN3O10. The second-order valence-electron chi connectivity index (χ2n) is 19.3. The average molecular weight is 968 g/mol. The molecule has 0 aromatic heterocycles. The zero-order valence-electron chi connectivity index (χ0n) is 40.5. The van der Waals surface area contributed by atoms with Gasteiger partial charge in [-0.05, 0) is 135 Å². The number of aliphatic hydroxyl groups excluding tert-OH is 2. The molecule has 71 heavy (non-hydrogen) atoms. The number of amides is 1. The number of hydrogen-bond donors (Lipinski definition) is 2. The molecule has 1 aliphatic heterocycles. The van der Waals surface area contributed by atoms with Gasteiger partial charge in [-0.2, -0.15) is 0 Å². The second-order valence-corrected chi connectivity index (χ2v) is 19.3. The van der Waals surface area contributed by atoms with Gasteiger partial charge in [-0.15, -0.1) is 6.58 Å². The van der Waals surface area contributed by atoms with E-state index in [4.69, 9.17) is 28.9 Å². The maximum atomic E-state index is 15.1. The van der Waals surface area contributed by atoms with Gasteiger partial charge < -0.3 is 34.0 Å². The molecule has 0 bridgehead atoms. The van der Waals surface area contributed by atoms with Gasteiger partial charge in [0.25, 0.3) is 5.69 Å². The fourth-order valence-electron chi connectivity index (χ4n) is 10.3. The van der Waals surface area contributed by atoms with Crippen LogP contribution >= 0.6 is 0 Å². The second kappa shape index (κ2) is 22.5. The summed E-state index contributed by atoms with van der Waals surface area (Å²) >= 11 is 0. The fourth-order valence-corrected chi connectivity index (χ4v) is 10.3. The quantitative estimate of drug-likeness (QED) is 0.0332. The zero-order valence-corrected chi connectivity index (χ0v) is 40.5. The van der Waals surface area contributed by atoms with Gasteiger partial charge in [0.05, 0.1) is 23.2 Å². The normalized spacial score (nSPS) is 21.7. The number of halogens is 1. The van der Waals surface area contributed by atoms with E-state index in [1.807, 2.05) is 81.4 Å². The molecule has 3 aliphatic rings. The lowest BCUT2D eigenvalue weighted by atomic mass is 9.55. The molecule has 5 aromatic carbocycles. The molecule has 0 spiro atoms. The van der Waals surface area contributed by atoms with Crippen molar-refractivity contribution >= 4 is 17.5 Å². The van der Waals surface area contributed by atoms with Gasteiger partial charge in [-0.1, -0.05) is 84.7 Å². The summed E-state index contributed by atoms with van der Waals surface area (Å²) in [5.74, 6) is -1.37. The van der Waals surface area contributed by atoms with Crippen LogP contribution in [-0.4, -0.2) is 69.1 Å². The Morgan fingerprint density at radius 3 is 2.21 bits per heavy atom. The van der Waals surface area contributed by atoms with Crippen molar-refractivity contribution < 1.29 is 48.1 Å². The minimum Gasteiger partial charge on any atom is -0.459 e. The van der Waals surface area contributed by atoms with Crippen molar-refractivity contribution in [2.45, 2.75) is 95.6 Å². The number of rotatable bonds is 20. The Morgan fingerprint density at radius 1 is 0.887 bits per heavy atom. The number of unbranched alkanes of at least 4 members (excludes halogenated alkanes) is 2. The number of nitro benzene ring substituents is 1. The van der Waals surface area contributed by atoms with Crippen LogP contribution in [0.3, 0.4) is 0 Å². The highest BCUT2D eigenvalue weighted by atomic mass is 19.1. The number of benzene rings is 5. The number of nitro groups is 1. The Morgan fingerprint density at radius 2 is 1.55 bits per heavy atom. The first-order chi connectivity index (χ1) is 34.3. The summed E-state index contributed by atoms with van der Waals surface area (Å²) in [5.41, 5.74) is 4.12. The van der Waals surface area contributed by atoms with Crippen molar-refractivity contribution in [3.63, 3.8) is 0 Å². The van der Waals surface area contributed by atoms with E-state index in [-0.39, 0.29) is 62.0 Å². The van der Waals surface area contributed by atoms with Crippen molar-refractivity contribution in [2.75, 3.05) is 19.8 Å². The summed E-state index contributed by atoms with van der Waals surface area (Å²) in [6, 6.07) is 33.9. The van der Waals surface area contributed by atoms with E-state index < -0.39 is 40.2 Å². The molecule has 5 aromatic rings. The minimum absolute atomic E-state index is 0.0182. The summed E-state index contributed by atoms with van der Waals surface area (Å²) in [4.78, 5) is 33.9. The molecule has 2 N–H and O–H groups in total. The zero-order chi connectivity index (χ0) is 50.1. The van der Waals surface area contributed by atoms with Crippen LogP contribution in [0.1, 0.15) is 82.8 Å². The molecule has 0 radical (unpaired) electrons. The largest absolute Gasteiger partial charge is 0.459 e. The van der Waals surface area contributed by atoms with Crippen LogP contribution in [0.2, 0.25) is 0 Å². The number of oxime groups is 1. The Kier molecular flexibility index (Phi) is 16.0. The first-order valence-corrected chi connectivity index (χ1v) is 24.4. The van der Waals surface area contributed by atoms with Gasteiger partial charge in [-0.25, -0.2) is 9.18 Å². The third-order valence-electron chi connectivity index (χ3n) is 13.4. The Bertz CT molecular complexity index is 2690. The van der Waals surface area contributed by atoms with Crippen LogP contribution in [-0.2, 0) is 16.1 Å². The molecular weight excluding hydrogens is 906 g/mol. The molecule has 2 aliphatic carbocycles. The number of aliphatic hydroxyl groups is 2. The van der Waals surface area contributed by atoms with Crippen LogP contribution in [0.4, 0.5) is 14.9 Å². The van der Waals surface area contributed by atoms with Crippen LogP contribution in [0, 0.1) is 33.7 Å². The SMILES string of the molecule is C=CCO[C@@]12Oc3ccc(Oc4ccc(-c5ccccc5)cc4)cc3[C@H]3[C@H](CCCCO)[C@@H](CCCCO)C=C(C(=NOC(C)(C)C)C[C@@H]1N(Cc1ccc(F)cc1)C(=O)Oc1ccc([N+](=O)[O-])cc1)[C@H]32. The number of carbonyl (C=O) groups is 1. The smallest absolute Gasteiger partial charge is 0.416 e. The van der Waals surface area contributed by atoms with Crippen LogP contribution < -0.4 is 14.2 Å². The number of hydrogen-bond acceptors (Lipinski definition) is 11. The lowest BCUT2D eigenvalue weighted by molar-refractivity contribution is -0.384. The Balaban J connectivity index is 1.32. The predicted molar refractivity (Wildman–Crippen MR) is 269 cm³/mol. The summed E-state index contributed by atoms with van der Waals surface area (Å²) in [6.07, 6.45) is 7.31. The highest BCUT2D eigenvalue weighted by molar-refractivity contribution is 6.03. The van der Waals surface area contributed by atoms with E-state index >= 15 is 4.79 Å². The molecule has 8 rings (SSSR count). The topological polar surface area (TPSA) is 162 Å². The Labute approximate surface area is 414 Å². The molecule has 6 atom stereocenters. The van der Waals surface area contributed by atoms with Crippen molar-refractivity contribution in [1.82, 2.24) is 4.90 Å². The first-order valence-electron chi connectivity index (χ1n) is 24.4. The molecule has 13 nitrogen and oxygen atoms in total. The van der Waals surface area contributed by atoms with E-state index in [1.54, 1.807) is 18.2 Å². The predicted octanol–water partition coefficient (Wildman–Crippen LogP) is 12.3. The van der Waals surface area contributed by atoms with Gasteiger partial charge in [0.15, 0.2) is 0 Å². The number of fused-ring (bicyclic) bond motifs is 2. The standard InChI is InChI=1S/C57H62FN3O10/c1-5-33-67-57-52(60(37-38-17-21-42(58)22-18-38)55(64)69-45-27-23-43(24-28-45)61(65)66)36-50(59-71-56(2,3)4)48-34-41(15-9-11-31-62)47(16-10-12-32-63)53(54(48)57)49-35-46(29-30-51(49)70-57)68-44-25-19-40(20-26-44)39-13-7-6-8-14-39/h5-8,13-14,17-30,34-35,41,47,52-54,62-63H,1,9-12,15-16,31-33,36-37H2,2-4H3/t41-,47+,52-,53+,54+,57+/m0/s1. The number of non-ortho nitro benzene ring substituents is 1. The third kappa shape index (κ3) is 11.7. The molecule has 1 fully saturated rings. The molecule has 14 heteroatoms. The monoisotopic (exact) mass is 967 g/mol. The molecule has 372 valence electrons. The number of nitrogens with zero attached hydrogens (tertiary/aromatic N) is 3. The van der Waals surface area contributed by atoms with Crippen molar-refractivity contribution in [1.29, 1.82) is 0 Å². The summed E-state index contributed by atoms with van der Waals surface area (Å²) < 4.78 is 41.7. The van der Waals surface area contributed by atoms with Gasteiger partial charge in [0.1, 0.15) is 40.5 Å². The van der Waals surface area contributed by atoms with Crippen molar-refractivity contribution in [3.05, 3.63) is 173 Å². The fraction of sp³-hybridized carbons (Fsp3) is 0.368. The number of carbonyl (C=O) groups excluding carboxylic acids is 1. The summed E-state index contributed by atoms with van der Waals surface area (Å²) in [5, 5.41) is 36.6. The summed E-state index contributed by atoms with van der Waals surface area (Å²) in [6.45, 7) is 9.76. The van der Waals surface area contributed by atoms with Crippen molar-refractivity contribution in [2.24, 2.45) is 22.9 Å². The number of ether oxygens (including phenoxy) is 4. The lowest BCUT2D eigenvalue weighted by Gasteiger charge is -2.60. The van der Waals surface area contributed by atoms with Gasteiger partial charge in [-0.3, -0.25) is 15.0 Å². The van der Waals surface area contributed by atoms with Gasteiger partial charge in [0.2, 0.25) is 5.79 Å². The molecule has 0 saturated heterocycles. The lowest BCUT2D eigenvalue weighted by Crippen LogP contribution is -2.70. The van der Waals surface area contributed by atoms with E-state index in [0.29, 0.717) is 41.4 Å². The van der Waals surface area contributed by atoms with Crippen LogP contribution in [0.25, 0.3) is 11.1 Å². The molecule has 1 amide bonds. The van der Waals surface area contributed by atoms with Gasteiger partial charge >= 0.3 is 6.09 Å².